The van der Waals surface area contributed by atoms with E-state index < -0.39 is 0 Å². The second-order valence-corrected chi connectivity index (χ2v) is 5.93. The molecule has 0 saturated carbocycles. The average Bonchev–Trinajstić information content (AvgIpc) is 2.91. The van der Waals surface area contributed by atoms with E-state index in [2.05, 4.69) is 17.5 Å². The summed E-state index contributed by atoms with van der Waals surface area (Å²) in [5, 5.41) is 2.81. The lowest BCUT2D eigenvalue weighted by atomic mass is 10.0. The Morgan fingerprint density at radius 2 is 2.21 bits per heavy atom. The Labute approximate surface area is 123 Å². The Kier molecular flexibility index (Phi) is 5.25. The summed E-state index contributed by atoms with van der Waals surface area (Å²) in [7, 11) is 1.66. The molecule has 4 heteroatoms. The molecule has 1 aromatic carbocycles. The van der Waals surface area contributed by atoms with Gasteiger partial charge in [0.2, 0.25) is 0 Å². The van der Waals surface area contributed by atoms with Crippen molar-refractivity contribution in [3.8, 4) is 5.75 Å². The van der Waals surface area contributed by atoms with E-state index in [1.807, 2.05) is 18.2 Å². The lowest BCUT2D eigenvalue weighted by molar-refractivity contribution is 0.403. The summed E-state index contributed by atoms with van der Waals surface area (Å²) in [6.45, 7) is 0. The summed E-state index contributed by atoms with van der Waals surface area (Å²) in [5.41, 5.74) is 7.23. The second kappa shape index (κ2) is 6.94. The zero-order valence-corrected chi connectivity index (χ0v) is 12.5. The van der Waals surface area contributed by atoms with E-state index in [-0.39, 0.29) is 6.04 Å². The molecule has 0 spiro atoms. The third kappa shape index (κ3) is 3.96. The molecule has 0 bridgehead atoms. The Morgan fingerprint density at radius 3 is 2.89 bits per heavy atom. The zero-order valence-electron chi connectivity index (χ0n) is 10.9. The van der Waals surface area contributed by atoms with Gasteiger partial charge in [-0.05, 0) is 48.9 Å². The minimum atomic E-state index is -0.0337. The van der Waals surface area contributed by atoms with Crippen LogP contribution in [0.3, 0.4) is 0 Å². The van der Waals surface area contributed by atoms with Crippen molar-refractivity contribution < 1.29 is 4.74 Å². The van der Waals surface area contributed by atoms with Crippen LogP contribution in [0.2, 0.25) is 5.02 Å². The van der Waals surface area contributed by atoms with E-state index in [0.29, 0.717) is 5.02 Å². The maximum Gasteiger partial charge on any atom is 0.123 e. The molecule has 0 fully saturated rings. The van der Waals surface area contributed by atoms with Gasteiger partial charge in [0.1, 0.15) is 5.75 Å². The number of methoxy groups -OCH3 is 1. The molecule has 102 valence electrons. The molecule has 2 aromatic rings. The number of halogens is 1. The first-order valence-electron chi connectivity index (χ1n) is 6.32. The van der Waals surface area contributed by atoms with Crippen molar-refractivity contribution in [3.63, 3.8) is 0 Å². The van der Waals surface area contributed by atoms with Crippen LogP contribution in [0, 0.1) is 0 Å². The maximum atomic E-state index is 6.24. The highest BCUT2D eigenvalue weighted by atomic mass is 35.5. The van der Waals surface area contributed by atoms with Crippen molar-refractivity contribution in [3.05, 3.63) is 51.2 Å². The first-order valence-corrected chi connectivity index (χ1v) is 7.58. The van der Waals surface area contributed by atoms with Crippen molar-refractivity contribution in [2.45, 2.75) is 25.3 Å². The van der Waals surface area contributed by atoms with Gasteiger partial charge in [0.15, 0.2) is 0 Å². The van der Waals surface area contributed by atoms with Gasteiger partial charge in [-0.2, -0.15) is 0 Å². The van der Waals surface area contributed by atoms with Gasteiger partial charge in [0.05, 0.1) is 7.11 Å². The average molecular weight is 296 g/mol. The topological polar surface area (TPSA) is 35.2 Å². The van der Waals surface area contributed by atoms with E-state index in [4.69, 9.17) is 22.1 Å². The zero-order chi connectivity index (χ0) is 13.7. The normalized spacial score (nSPS) is 12.4. The fourth-order valence-corrected chi connectivity index (χ4v) is 3.03. The standard InChI is InChI=1S/C15H18ClNOS/c1-18-15-8-7-11(16)10-13(15)14(17)6-2-4-12-5-3-9-19-12/h3,5,7-10,14H,2,4,6,17H2,1H3. The number of hydrogen-bond donors (Lipinski definition) is 1. The lowest BCUT2D eigenvalue weighted by Crippen LogP contribution is -2.11. The Morgan fingerprint density at radius 1 is 1.37 bits per heavy atom. The van der Waals surface area contributed by atoms with Crippen molar-refractivity contribution in [2.24, 2.45) is 5.73 Å². The molecule has 0 saturated heterocycles. The summed E-state index contributed by atoms with van der Waals surface area (Å²) in [6, 6.07) is 9.80. The van der Waals surface area contributed by atoms with Gasteiger partial charge in [-0.15, -0.1) is 11.3 Å². The van der Waals surface area contributed by atoms with Crippen LogP contribution in [-0.2, 0) is 6.42 Å². The first kappa shape index (κ1) is 14.4. The van der Waals surface area contributed by atoms with E-state index in [9.17, 15) is 0 Å². The maximum absolute atomic E-state index is 6.24. The third-order valence-corrected chi connectivity index (χ3v) is 4.28. The number of thiophene rings is 1. The molecule has 1 aromatic heterocycles. The molecule has 0 aliphatic carbocycles. The van der Waals surface area contributed by atoms with Crippen molar-refractivity contribution in [2.75, 3.05) is 7.11 Å². The predicted octanol–water partition coefficient (Wildman–Crippen LogP) is 4.43. The molecule has 0 radical (unpaired) electrons. The molecule has 2 nitrogen and oxygen atoms in total. The Bertz CT molecular complexity index is 513. The summed E-state index contributed by atoms with van der Waals surface area (Å²) in [5.74, 6) is 0.813. The fourth-order valence-electron chi connectivity index (χ4n) is 2.10. The van der Waals surface area contributed by atoms with Crippen LogP contribution < -0.4 is 10.5 Å². The SMILES string of the molecule is COc1ccc(Cl)cc1C(N)CCCc1cccs1. The number of ether oxygens (including phenoxy) is 1. The highest BCUT2D eigenvalue weighted by Crippen LogP contribution is 2.29. The minimum Gasteiger partial charge on any atom is -0.496 e. The van der Waals surface area contributed by atoms with Gasteiger partial charge >= 0.3 is 0 Å². The first-order chi connectivity index (χ1) is 9.20. The smallest absolute Gasteiger partial charge is 0.123 e. The van der Waals surface area contributed by atoms with Gasteiger partial charge < -0.3 is 10.5 Å². The van der Waals surface area contributed by atoms with Gasteiger partial charge in [-0.1, -0.05) is 17.7 Å². The number of benzene rings is 1. The molecule has 0 amide bonds. The monoisotopic (exact) mass is 295 g/mol. The molecular formula is C15H18ClNOS. The van der Waals surface area contributed by atoms with E-state index in [0.717, 1.165) is 30.6 Å². The van der Waals surface area contributed by atoms with E-state index in [1.165, 1.54) is 4.88 Å². The Hall–Kier alpha value is -1.03. The molecule has 1 atom stereocenters. The molecule has 2 N–H and O–H groups in total. The summed E-state index contributed by atoms with van der Waals surface area (Å²) >= 11 is 7.82. The fraction of sp³-hybridized carbons (Fsp3) is 0.333. The number of rotatable bonds is 6. The Balaban J connectivity index is 1.95. The van der Waals surface area contributed by atoms with Gasteiger partial charge in [0.25, 0.3) is 0 Å². The van der Waals surface area contributed by atoms with Crippen LogP contribution in [0.4, 0.5) is 0 Å². The quantitative estimate of drug-likeness (QED) is 0.855. The lowest BCUT2D eigenvalue weighted by Gasteiger charge is -2.15. The molecule has 2 rings (SSSR count). The third-order valence-electron chi connectivity index (χ3n) is 3.11. The van der Waals surface area contributed by atoms with Crippen molar-refractivity contribution in [1.82, 2.24) is 0 Å². The van der Waals surface area contributed by atoms with Crippen LogP contribution >= 0.6 is 22.9 Å². The largest absolute Gasteiger partial charge is 0.496 e. The van der Waals surface area contributed by atoms with Gasteiger partial charge in [-0.25, -0.2) is 0 Å². The van der Waals surface area contributed by atoms with Crippen LogP contribution in [0.1, 0.15) is 29.3 Å². The summed E-state index contributed by atoms with van der Waals surface area (Å²) in [4.78, 5) is 1.41. The highest BCUT2D eigenvalue weighted by Gasteiger charge is 2.12. The van der Waals surface area contributed by atoms with Gasteiger partial charge in [0, 0.05) is 21.5 Å². The van der Waals surface area contributed by atoms with Crippen molar-refractivity contribution in [1.29, 1.82) is 0 Å². The van der Waals surface area contributed by atoms with E-state index >= 15 is 0 Å². The van der Waals surface area contributed by atoms with Crippen LogP contribution in [-0.4, -0.2) is 7.11 Å². The minimum absolute atomic E-state index is 0.0337. The predicted molar refractivity (Wildman–Crippen MR) is 82.2 cm³/mol. The summed E-state index contributed by atoms with van der Waals surface area (Å²) < 4.78 is 5.34. The molecule has 0 aliphatic rings. The molecular weight excluding hydrogens is 278 g/mol. The van der Waals surface area contributed by atoms with Crippen LogP contribution in [0.25, 0.3) is 0 Å². The summed E-state index contributed by atoms with van der Waals surface area (Å²) in [6.07, 6.45) is 3.07. The number of hydrogen-bond acceptors (Lipinski definition) is 3. The van der Waals surface area contributed by atoms with E-state index in [1.54, 1.807) is 18.4 Å². The second-order valence-electron chi connectivity index (χ2n) is 4.46. The molecule has 1 unspecified atom stereocenters. The number of aryl methyl sites for hydroxylation is 1. The van der Waals surface area contributed by atoms with Crippen LogP contribution in [0.5, 0.6) is 5.75 Å². The highest BCUT2D eigenvalue weighted by molar-refractivity contribution is 7.09. The molecule has 0 aliphatic heterocycles. The molecule has 1 heterocycles. The van der Waals surface area contributed by atoms with Crippen molar-refractivity contribution >= 4 is 22.9 Å². The van der Waals surface area contributed by atoms with Gasteiger partial charge in [-0.3, -0.25) is 0 Å². The van der Waals surface area contributed by atoms with Crippen LogP contribution in [0.15, 0.2) is 35.7 Å². The number of nitrogens with two attached hydrogens (primary N) is 1. The molecule has 19 heavy (non-hydrogen) atoms.